The second kappa shape index (κ2) is 6.63. The molecule has 0 fully saturated rings. The molecule has 0 unspecified atom stereocenters. The standard InChI is InChI=1S/C19H21BN2O3/c1-19(2,3)25-18(23)22-15-5-7-17-13(10-15)8-12-9-14(20-24-11-21)4-6-16(12)17/h4-7,9-11,20-21H,8H2,1-3H3,(H,22,23). The molecule has 2 aromatic carbocycles. The Labute approximate surface area is 148 Å². The maximum atomic E-state index is 11.9. The van der Waals surface area contributed by atoms with Crippen molar-refractivity contribution in [1.29, 1.82) is 5.41 Å². The monoisotopic (exact) mass is 336 g/mol. The largest absolute Gasteiger partial charge is 0.552 e. The number of amides is 1. The Balaban J connectivity index is 1.76. The van der Waals surface area contributed by atoms with Gasteiger partial charge in [-0.1, -0.05) is 24.3 Å². The van der Waals surface area contributed by atoms with Crippen LogP contribution < -0.4 is 10.8 Å². The van der Waals surface area contributed by atoms with Gasteiger partial charge in [-0.05, 0) is 67.0 Å². The summed E-state index contributed by atoms with van der Waals surface area (Å²) < 4.78 is 10.3. The molecule has 0 heterocycles. The SMILES string of the molecule is CC(C)(C)OC(=O)Nc1ccc2c(c1)Cc1cc(BOC=N)ccc1-2. The summed E-state index contributed by atoms with van der Waals surface area (Å²) in [5.41, 5.74) is 6.05. The first-order chi connectivity index (χ1) is 11.9. The molecule has 0 radical (unpaired) electrons. The second-order valence-electron chi connectivity index (χ2n) is 7.10. The summed E-state index contributed by atoms with van der Waals surface area (Å²) >= 11 is 0. The minimum atomic E-state index is -0.522. The average molecular weight is 336 g/mol. The van der Waals surface area contributed by atoms with Crippen LogP contribution >= 0.6 is 0 Å². The van der Waals surface area contributed by atoms with E-state index in [1.807, 2.05) is 45.0 Å². The minimum absolute atomic E-state index is 0.401. The molecule has 2 N–H and O–H groups in total. The van der Waals surface area contributed by atoms with Gasteiger partial charge >= 0.3 is 13.6 Å². The molecule has 6 heteroatoms. The highest BCUT2D eigenvalue weighted by molar-refractivity contribution is 6.48. The van der Waals surface area contributed by atoms with E-state index in [2.05, 4.69) is 17.4 Å². The van der Waals surface area contributed by atoms with Gasteiger partial charge < -0.3 is 9.39 Å². The molecule has 5 nitrogen and oxygen atoms in total. The minimum Gasteiger partial charge on any atom is -0.552 e. The van der Waals surface area contributed by atoms with Crippen LogP contribution in [0.3, 0.4) is 0 Å². The van der Waals surface area contributed by atoms with Gasteiger partial charge in [0.25, 0.3) is 0 Å². The van der Waals surface area contributed by atoms with Gasteiger partial charge in [0.05, 0.1) is 0 Å². The fraction of sp³-hybridized carbons (Fsp3) is 0.263. The third-order valence-corrected chi connectivity index (χ3v) is 3.92. The molecule has 1 aliphatic carbocycles. The number of ether oxygens (including phenoxy) is 1. The van der Waals surface area contributed by atoms with E-state index in [9.17, 15) is 4.79 Å². The van der Waals surface area contributed by atoms with Gasteiger partial charge in [0.1, 0.15) is 12.0 Å². The van der Waals surface area contributed by atoms with Crippen LogP contribution in [-0.2, 0) is 15.8 Å². The highest BCUT2D eigenvalue weighted by Gasteiger charge is 2.21. The first kappa shape index (κ1) is 17.1. The molecule has 0 aromatic heterocycles. The summed E-state index contributed by atoms with van der Waals surface area (Å²) in [7, 11) is 0.401. The van der Waals surface area contributed by atoms with Crippen LogP contribution in [-0.4, -0.2) is 25.6 Å². The van der Waals surface area contributed by atoms with Gasteiger partial charge in [-0.15, -0.1) is 0 Å². The highest BCUT2D eigenvalue weighted by Crippen LogP contribution is 2.37. The lowest BCUT2D eigenvalue weighted by Gasteiger charge is -2.19. The van der Waals surface area contributed by atoms with Crippen molar-refractivity contribution in [1.82, 2.24) is 0 Å². The normalized spacial score (nSPS) is 12.0. The molecule has 0 aliphatic heterocycles. The van der Waals surface area contributed by atoms with E-state index >= 15 is 0 Å². The summed E-state index contributed by atoms with van der Waals surface area (Å²) in [6.45, 7) is 5.52. The molecule has 2 aromatic rings. The Kier molecular flexibility index (Phi) is 4.53. The maximum absolute atomic E-state index is 11.9. The van der Waals surface area contributed by atoms with Gasteiger partial charge in [-0.2, -0.15) is 0 Å². The van der Waals surface area contributed by atoms with Crippen LogP contribution in [0, 0.1) is 5.41 Å². The van der Waals surface area contributed by atoms with Crippen LogP contribution in [0.15, 0.2) is 36.4 Å². The van der Waals surface area contributed by atoms with Gasteiger partial charge in [-0.25, -0.2) is 4.79 Å². The molecular formula is C19H21BN2O3. The zero-order valence-corrected chi connectivity index (χ0v) is 14.7. The molecule has 1 amide bonds. The van der Waals surface area contributed by atoms with Crippen molar-refractivity contribution in [3.05, 3.63) is 47.5 Å². The van der Waals surface area contributed by atoms with E-state index < -0.39 is 11.7 Å². The smallest absolute Gasteiger partial charge is 0.412 e. The Morgan fingerprint density at radius 3 is 2.52 bits per heavy atom. The van der Waals surface area contributed by atoms with E-state index in [4.69, 9.17) is 14.8 Å². The fourth-order valence-electron chi connectivity index (χ4n) is 2.99. The number of rotatable bonds is 4. The van der Waals surface area contributed by atoms with Gasteiger partial charge in [0, 0.05) is 5.69 Å². The Morgan fingerprint density at radius 1 is 1.16 bits per heavy atom. The van der Waals surface area contributed by atoms with Gasteiger partial charge in [-0.3, -0.25) is 10.7 Å². The van der Waals surface area contributed by atoms with E-state index in [1.54, 1.807) is 0 Å². The number of anilines is 1. The molecule has 0 spiro atoms. The zero-order chi connectivity index (χ0) is 18.0. The van der Waals surface area contributed by atoms with Crippen molar-refractivity contribution < 1.29 is 14.2 Å². The zero-order valence-electron chi connectivity index (χ0n) is 14.7. The predicted molar refractivity (Wildman–Crippen MR) is 101 cm³/mol. The number of carbonyl (C=O) groups excluding carboxylic acids is 1. The second-order valence-corrected chi connectivity index (χ2v) is 7.10. The Hall–Kier alpha value is -2.76. The van der Waals surface area contributed by atoms with Crippen molar-refractivity contribution in [2.24, 2.45) is 0 Å². The molecule has 0 bridgehead atoms. The first-order valence-corrected chi connectivity index (χ1v) is 8.21. The van der Waals surface area contributed by atoms with Gasteiger partial charge in [0.2, 0.25) is 0 Å². The molecule has 1 aliphatic rings. The van der Waals surface area contributed by atoms with Crippen molar-refractivity contribution in [3.63, 3.8) is 0 Å². The lowest BCUT2D eigenvalue weighted by Crippen LogP contribution is -2.27. The van der Waals surface area contributed by atoms with Crippen LogP contribution in [0.4, 0.5) is 10.5 Å². The average Bonchev–Trinajstić information content (AvgIpc) is 2.87. The number of fused-ring (bicyclic) bond motifs is 3. The van der Waals surface area contributed by atoms with Crippen molar-refractivity contribution in [2.75, 3.05) is 5.32 Å². The van der Waals surface area contributed by atoms with Crippen LogP contribution in [0.1, 0.15) is 31.9 Å². The molecule has 3 rings (SSSR count). The third kappa shape index (κ3) is 4.02. The Bertz CT molecular complexity index is 828. The van der Waals surface area contributed by atoms with Crippen LogP contribution in [0.25, 0.3) is 11.1 Å². The van der Waals surface area contributed by atoms with E-state index in [0.717, 1.165) is 24.0 Å². The first-order valence-electron chi connectivity index (χ1n) is 8.21. The summed E-state index contributed by atoms with van der Waals surface area (Å²) in [5, 5.41) is 9.74. The third-order valence-electron chi connectivity index (χ3n) is 3.92. The molecule has 0 saturated carbocycles. The fourth-order valence-corrected chi connectivity index (χ4v) is 2.99. The number of hydrogen-bond acceptors (Lipinski definition) is 4. The summed E-state index contributed by atoms with van der Waals surface area (Å²) in [4.78, 5) is 11.9. The van der Waals surface area contributed by atoms with Crippen molar-refractivity contribution in [3.8, 4) is 11.1 Å². The topological polar surface area (TPSA) is 71.4 Å². The quantitative estimate of drug-likeness (QED) is 0.437. The predicted octanol–water partition coefficient (Wildman–Crippen LogP) is 3.21. The molecular weight excluding hydrogens is 315 g/mol. The van der Waals surface area contributed by atoms with E-state index in [-0.39, 0.29) is 0 Å². The van der Waals surface area contributed by atoms with Crippen molar-refractivity contribution >= 4 is 31.1 Å². The van der Waals surface area contributed by atoms with Crippen molar-refractivity contribution in [2.45, 2.75) is 32.8 Å². The molecule has 128 valence electrons. The Morgan fingerprint density at radius 2 is 1.84 bits per heavy atom. The number of hydrogen-bond donors (Lipinski definition) is 2. The maximum Gasteiger partial charge on any atom is 0.412 e. The van der Waals surface area contributed by atoms with Gasteiger partial charge in [0.15, 0.2) is 0 Å². The number of carbonyl (C=O) groups is 1. The highest BCUT2D eigenvalue weighted by atomic mass is 16.6. The van der Waals surface area contributed by atoms with Crippen LogP contribution in [0.5, 0.6) is 0 Å². The lowest BCUT2D eigenvalue weighted by molar-refractivity contribution is 0.0636. The lowest BCUT2D eigenvalue weighted by atomic mass is 9.86. The van der Waals surface area contributed by atoms with E-state index in [1.165, 1.54) is 22.3 Å². The number of nitrogens with one attached hydrogen (secondary N) is 2. The number of benzene rings is 2. The summed E-state index contributed by atoms with van der Waals surface area (Å²) in [5.74, 6) is 0. The molecule has 0 atom stereocenters. The molecule has 25 heavy (non-hydrogen) atoms. The van der Waals surface area contributed by atoms with E-state index in [0.29, 0.717) is 7.48 Å². The molecule has 0 saturated heterocycles. The van der Waals surface area contributed by atoms with Crippen LogP contribution in [0.2, 0.25) is 0 Å². The summed E-state index contributed by atoms with van der Waals surface area (Å²) in [6.07, 6.45) is 1.32. The summed E-state index contributed by atoms with van der Waals surface area (Å²) in [6, 6.07) is 12.1.